The van der Waals surface area contributed by atoms with Crippen molar-refractivity contribution in [2.45, 2.75) is 25.1 Å². The second-order valence-corrected chi connectivity index (χ2v) is 4.95. The summed E-state index contributed by atoms with van der Waals surface area (Å²) in [5, 5.41) is 8.51. The lowest BCUT2D eigenvalue weighted by atomic mass is 10.1. The highest BCUT2D eigenvalue weighted by atomic mass is 35.5. The third-order valence-corrected chi connectivity index (χ3v) is 2.12. The van der Waals surface area contributed by atoms with Crippen LogP contribution in [0.4, 0.5) is 0 Å². The summed E-state index contributed by atoms with van der Waals surface area (Å²) in [5.74, 6) is -1.24. The number of nitrogens with one attached hydrogen (secondary N) is 1. The number of halogens is 2. The highest BCUT2D eigenvalue weighted by Crippen LogP contribution is 2.09. The van der Waals surface area contributed by atoms with E-state index in [0.29, 0.717) is 12.3 Å². The van der Waals surface area contributed by atoms with Crippen molar-refractivity contribution >= 4 is 41.1 Å². The van der Waals surface area contributed by atoms with Gasteiger partial charge in [-0.15, -0.1) is 0 Å². The largest absolute Gasteiger partial charge is 0.370 e. The van der Waals surface area contributed by atoms with Crippen LogP contribution in [0.3, 0.4) is 0 Å². The van der Waals surface area contributed by atoms with Gasteiger partial charge in [0.25, 0.3) is 5.96 Å². The van der Waals surface area contributed by atoms with Crippen molar-refractivity contribution in [3.8, 4) is 0 Å². The molecule has 0 aliphatic rings. The molecule has 0 saturated heterocycles. The zero-order valence-electron chi connectivity index (χ0n) is 10.2. The summed E-state index contributed by atoms with van der Waals surface area (Å²) in [6.07, 6.45) is 0.672. The molecule has 104 valence electrons. The molecule has 0 aromatic heterocycles. The first-order chi connectivity index (χ1) is 8.23. The monoisotopic (exact) mass is 297 g/mol. The van der Waals surface area contributed by atoms with Crippen LogP contribution in [0.5, 0.6) is 0 Å². The Balaban J connectivity index is 4.66. The van der Waals surface area contributed by atoms with Crippen LogP contribution in [0.15, 0.2) is 4.99 Å². The Hall–Kier alpha value is -1.21. The molecule has 0 fully saturated rings. The molecule has 0 amide bonds. The van der Waals surface area contributed by atoms with E-state index in [0.717, 1.165) is 5.06 Å². The van der Waals surface area contributed by atoms with Gasteiger partial charge in [0.05, 0.1) is 6.54 Å². The standard InChI is InChI=1S/C9H17Cl2N5O2/c1-5(2)3-4-16(9(14)15-8(12)13)18-7(17)6(10)11/h5-6H,3-4H2,1-2H3,(H5,12,13,14,15). The molecule has 0 aliphatic heterocycles. The smallest absolute Gasteiger partial charge is 0.365 e. The van der Waals surface area contributed by atoms with Crippen LogP contribution in [0.2, 0.25) is 0 Å². The quantitative estimate of drug-likeness (QED) is 0.307. The van der Waals surface area contributed by atoms with E-state index in [2.05, 4.69) is 4.99 Å². The number of nitrogens with zero attached hydrogens (tertiary/aromatic N) is 2. The predicted molar refractivity (Wildman–Crippen MR) is 71.3 cm³/mol. The molecule has 18 heavy (non-hydrogen) atoms. The topological polar surface area (TPSA) is 118 Å². The van der Waals surface area contributed by atoms with Gasteiger partial charge in [-0.1, -0.05) is 37.0 Å². The molecule has 0 aromatic carbocycles. The number of nitrogens with two attached hydrogens (primary N) is 2. The van der Waals surface area contributed by atoms with Gasteiger partial charge in [-0.3, -0.25) is 5.41 Å². The Morgan fingerprint density at radius 3 is 2.39 bits per heavy atom. The third-order valence-electron chi connectivity index (χ3n) is 1.76. The van der Waals surface area contributed by atoms with Gasteiger partial charge >= 0.3 is 5.97 Å². The number of hydroxylamine groups is 2. The lowest BCUT2D eigenvalue weighted by molar-refractivity contribution is -0.171. The van der Waals surface area contributed by atoms with Crippen LogP contribution in [0.25, 0.3) is 0 Å². The van der Waals surface area contributed by atoms with E-state index < -0.39 is 16.8 Å². The summed E-state index contributed by atoms with van der Waals surface area (Å²) in [6.45, 7) is 4.23. The number of guanidine groups is 2. The lowest BCUT2D eigenvalue weighted by Crippen LogP contribution is -2.37. The minimum atomic E-state index is -1.33. The Bertz CT molecular complexity index is 329. The molecule has 9 heteroatoms. The zero-order chi connectivity index (χ0) is 14.3. The molecule has 0 rings (SSSR count). The summed E-state index contributed by atoms with van der Waals surface area (Å²) in [4.78, 5) is 18.2. The van der Waals surface area contributed by atoms with E-state index in [-0.39, 0.29) is 12.5 Å². The molecule has 5 N–H and O–H groups in total. The molecule has 0 bridgehead atoms. The second kappa shape index (κ2) is 7.99. The normalized spacial score (nSPS) is 10.3. The van der Waals surface area contributed by atoms with Gasteiger partial charge in [-0.05, 0) is 12.3 Å². The fourth-order valence-electron chi connectivity index (χ4n) is 0.897. The van der Waals surface area contributed by atoms with Gasteiger partial charge < -0.3 is 16.3 Å². The summed E-state index contributed by atoms with van der Waals surface area (Å²) >= 11 is 10.7. The molecular weight excluding hydrogens is 281 g/mol. The Kier molecular flexibility index (Phi) is 7.45. The van der Waals surface area contributed by atoms with E-state index in [1.165, 1.54) is 0 Å². The SMILES string of the molecule is CC(C)CCN(OC(=O)C(Cl)Cl)C(=N)N=C(N)N. The minimum absolute atomic E-state index is 0.263. The van der Waals surface area contributed by atoms with Gasteiger partial charge in [0.2, 0.25) is 4.84 Å². The predicted octanol–water partition coefficient (Wildman–Crippen LogP) is 0.805. The molecule has 7 nitrogen and oxygen atoms in total. The Labute approximate surface area is 116 Å². The summed E-state index contributed by atoms with van der Waals surface area (Å²) in [7, 11) is 0. The maximum atomic E-state index is 11.3. The number of alkyl halides is 2. The molecule has 0 atom stereocenters. The maximum absolute atomic E-state index is 11.3. The Morgan fingerprint density at radius 2 is 2.00 bits per heavy atom. The van der Waals surface area contributed by atoms with Crippen molar-refractivity contribution in [1.29, 1.82) is 5.41 Å². The number of carbonyl (C=O) groups excluding carboxylic acids is 1. The molecule has 0 unspecified atom stereocenters. The number of carbonyl (C=O) groups is 1. The van der Waals surface area contributed by atoms with Crippen LogP contribution in [-0.4, -0.2) is 34.3 Å². The van der Waals surface area contributed by atoms with Crippen molar-refractivity contribution < 1.29 is 9.63 Å². The second-order valence-electron chi connectivity index (χ2n) is 3.86. The van der Waals surface area contributed by atoms with Crippen LogP contribution in [0.1, 0.15) is 20.3 Å². The van der Waals surface area contributed by atoms with Crippen molar-refractivity contribution in [2.75, 3.05) is 6.54 Å². The van der Waals surface area contributed by atoms with E-state index in [1.807, 2.05) is 13.8 Å². The molecule has 0 heterocycles. The maximum Gasteiger partial charge on any atom is 0.365 e. The van der Waals surface area contributed by atoms with E-state index >= 15 is 0 Å². The first-order valence-electron chi connectivity index (χ1n) is 5.19. The highest BCUT2D eigenvalue weighted by molar-refractivity contribution is 6.52. The van der Waals surface area contributed by atoms with E-state index in [1.54, 1.807) is 0 Å². The summed E-state index contributed by atoms with van der Waals surface area (Å²) < 4.78 is 0. The minimum Gasteiger partial charge on any atom is -0.370 e. The molecule has 0 spiro atoms. The van der Waals surface area contributed by atoms with E-state index in [9.17, 15) is 4.79 Å². The third kappa shape index (κ3) is 7.18. The molecule has 0 aliphatic carbocycles. The number of rotatable bonds is 4. The van der Waals surface area contributed by atoms with Crippen molar-refractivity contribution in [3.05, 3.63) is 0 Å². The van der Waals surface area contributed by atoms with Crippen molar-refractivity contribution in [3.63, 3.8) is 0 Å². The fraction of sp³-hybridized carbons (Fsp3) is 0.667. The van der Waals surface area contributed by atoms with Gasteiger partial charge in [0.1, 0.15) is 0 Å². The molecule has 0 saturated carbocycles. The van der Waals surface area contributed by atoms with Crippen molar-refractivity contribution in [1.82, 2.24) is 5.06 Å². The molecular formula is C9H17Cl2N5O2. The zero-order valence-corrected chi connectivity index (χ0v) is 11.7. The summed E-state index contributed by atoms with van der Waals surface area (Å²) in [6, 6.07) is 0. The average Bonchev–Trinajstić information content (AvgIpc) is 2.21. The fourth-order valence-corrected chi connectivity index (χ4v) is 0.976. The first-order valence-corrected chi connectivity index (χ1v) is 6.07. The van der Waals surface area contributed by atoms with Gasteiger partial charge in [-0.2, -0.15) is 10.1 Å². The highest BCUT2D eigenvalue weighted by Gasteiger charge is 2.20. The Morgan fingerprint density at radius 1 is 1.44 bits per heavy atom. The molecule has 0 aromatic rings. The average molecular weight is 298 g/mol. The van der Waals surface area contributed by atoms with Crippen molar-refractivity contribution in [2.24, 2.45) is 22.4 Å². The van der Waals surface area contributed by atoms with E-state index in [4.69, 9.17) is 44.9 Å². The summed E-state index contributed by atoms with van der Waals surface area (Å²) in [5.41, 5.74) is 10.3. The number of hydrogen-bond donors (Lipinski definition) is 3. The van der Waals surface area contributed by atoms with Crippen LogP contribution in [-0.2, 0) is 9.63 Å². The lowest BCUT2D eigenvalue weighted by Gasteiger charge is -2.22. The van der Waals surface area contributed by atoms with Gasteiger partial charge in [0, 0.05) is 0 Å². The number of hydrogen-bond acceptors (Lipinski definition) is 3. The van der Waals surface area contributed by atoms with Crippen LogP contribution in [0, 0.1) is 11.3 Å². The van der Waals surface area contributed by atoms with Crippen LogP contribution < -0.4 is 11.5 Å². The molecule has 0 radical (unpaired) electrons. The number of aliphatic imine (C=N–C) groups is 1. The van der Waals surface area contributed by atoms with Gasteiger partial charge in [-0.25, -0.2) is 4.79 Å². The first kappa shape index (κ1) is 16.8. The van der Waals surface area contributed by atoms with Gasteiger partial charge in [0.15, 0.2) is 5.96 Å². The van der Waals surface area contributed by atoms with Crippen LogP contribution >= 0.6 is 23.2 Å².